The van der Waals surface area contributed by atoms with Crippen molar-refractivity contribution >= 4 is 22.0 Å². The Balaban J connectivity index is 6.33. The van der Waals surface area contributed by atoms with E-state index in [1.54, 1.807) is 0 Å². The summed E-state index contributed by atoms with van der Waals surface area (Å²) in [5.41, 5.74) is 0. The van der Waals surface area contributed by atoms with Crippen molar-refractivity contribution in [3.63, 3.8) is 0 Å². The molecule has 0 bridgehead atoms. The number of alkyl halides is 7. The second-order valence-corrected chi connectivity index (χ2v) is 7.85. The third-order valence-electron chi connectivity index (χ3n) is 3.81. The van der Waals surface area contributed by atoms with Crippen LogP contribution in [-0.4, -0.2) is 72.1 Å². The smallest absolute Gasteiger partial charge is 0.410 e. The van der Waals surface area contributed by atoms with E-state index in [9.17, 15) is 53.1 Å². The molecule has 0 aromatic heterocycles. The zero-order valence-electron chi connectivity index (χ0n) is 16.7. The Morgan fingerprint density at radius 3 is 1.88 bits per heavy atom. The maximum absolute atomic E-state index is 13.8. The number of nitrogens with zero attached hydrogens (tertiary/aromatic N) is 1. The van der Waals surface area contributed by atoms with Crippen LogP contribution >= 0.6 is 0 Å². The maximum atomic E-state index is 13.8. The van der Waals surface area contributed by atoms with Crippen LogP contribution < -0.4 is 0 Å². The Morgan fingerprint density at radius 2 is 1.56 bits per heavy atom. The quantitative estimate of drug-likeness (QED) is 0.150. The molecule has 1 amide bonds. The van der Waals surface area contributed by atoms with Gasteiger partial charge in [-0.1, -0.05) is 6.58 Å². The van der Waals surface area contributed by atoms with Gasteiger partial charge in [-0.3, -0.25) is 9.35 Å². The fraction of sp³-hybridized carbons (Fsp3) is 0.733. The first-order valence-corrected chi connectivity index (χ1v) is 9.85. The van der Waals surface area contributed by atoms with Crippen molar-refractivity contribution in [1.29, 1.82) is 0 Å². The molecule has 188 valence electrons. The molecule has 17 heteroatoms. The van der Waals surface area contributed by atoms with E-state index < -0.39 is 76.6 Å². The number of ether oxygens (including phenoxy) is 2. The summed E-state index contributed by atoms with van der Waals surface area (Å²) in [7, 11) is -6.71. The fourth-order valence-electron chi connectivity index (χ4n) is 2.17. The van der Waals surface area contributed by atoms with Crippen molar-refractivity contribution in [2.24, 2.45) is 0 Å². The second kappa shape index (κ2) is 9.86. The highest BCUT2D eigenvalue weighted by Gasteiger charge is 2.69. The van der Waals surface area contributed by atoms with Crippen LogP contribution in [0.4, 0.5) is 35.1 Å². The highest BCUT2D eigenvalue weighted by atomic mass is 32.2. The van der Waals surface area contributed by atoms with Crippen molar-refractivity contribution in [3.05, 3.63) is 12.4 Å². The van der Waals surface area contributed by atoms with Crippen LogP contribution in [0.2, 0.25) is 0 Å². The van der Waals surface area contributed by atoms with E-state index in [2.05, 4.69) is 16.1 Å². The molecule has 32 heavy (non-hydrogen) atoms. The van der Waals surface area contributed by atoms with Crippen molar-refractivity contribution in [1.82, 2.24) is 4.90 Å². The average molecular weight is 509 g/mol. The molecular weight excluding hydrogens is 490 g/mol. The van der Waals surface area contributed by atoms with Crippen LogP contribution in [0, 0.1) is 0 Å². The molecule has 0 rings (SSSR count). The summed E-state index contributed by atoms with van der Waals surface area (Å²) < 4.78 is 145. The Bertz CT molecular complexity index is 828. The molecule has 0 aliphatic carbocycles. The topological polar surface area (TPSA) is 110 Å². The zero-order chi connectivity index (χ0) is 25.9. The van der Waals surface area contributed by atoms with E-state index in [0.29, 0.717) is 4.90 Å². The van der Waals surface area contributed by atoms with Crippen LogP contribution in [0.25, 0.3) is 0 Å². The van der Waals surface area contributed by atoms with Gasteiger partial charge in [0.15, 0.2) is 0 Å². The summed E-state index contributed by atoms with van der Waals surface area (Å²) in [6.07, 6.45) is -8.56. The summed E-state index contributed by atoms with van der Waals surface area (Å²) in [5.74, 6) is -17.3. The lowest BCUT2D eigenvalue weighted by Crippen LogP contribution is -2.63. The highest BCUT2D eigenvalue weighted by Crippen LogP contribution is 2.42. The Labute approximate surface area is 176 Å². The summed E-state index contributed by atoms with van der Waals surface area (Å²) in [5, 5.41) is -6.15. The van der Waals surface area contributed by atoms with E-state index in [0.717, 1.165) is 6.92 Å². The summed E-state index contributed by atoms with van der Waals surface area (Å²) >= 11 is 0. The Kier molecular flexibility index (Phi) is 9.24. The summed E-state index contributed by atoms with van der Waals surface area (Å²) in [6, 6.07) is -1.03. The number of likely N-dealkylation sites (N-methyl/N-ethyl adjacent to an activating group) is 1. The molecule has 0 saturated heterocycles. The van der Waals surface area contributed by atoms with E-state index in [1.807, 2.05) is 0 Å². The van der Waals surface area contributed by atoms with Crippen LogP contribution in [-0.2, 0) is 29.2 Å². The number of halogens is 8. The lowest BCUT2D eigenvalue weighted by molar-refractivity contribution is -0.353. The Hall–Kier alpha value is -2.01. The molecule has 1 N–H and O–H groups in total. The second-order valence-electron chi connectivity index (χ2n) is 6.39. The first-order valence-electron chi connectivity index (χ1n) is 8.41. The molecule has 0 aromatic rings. The molecule has 0 fully saturated rings. The predicted octanol–water partition coefficient (Wildman–Crippen LogP) is 3.05. The average Bonchev–Trinajstić information content (AvgIpc) is 2.58. The third kappa shape index (κ3) is 6.06. The van der Waals surface area contributed by atoms with Gasteiger partial charge in [-0.05, 0) is 20.8 Å². The lowest BCUT2D eigenvalue weighted by Gasteiger charge is -2.38. The highest BCUT2D eigenvalue weighted by molar-refractivity contribution is 7.87. The van der Waals surface area contributed by atoms with Gasteiger partial charge in [0.2, 0.25) is 5.83 Å². The standard InChI is InChI=1S/C15H19F8NO7S/c1-5-24(8(2)3)11(26)13(14(19,20)21,31-10(25)9(4)16)30-7-6-12(17,18)15(22,23)32(27,28)29/h8H,4-7H2,1-3H3,(H,27,28,29). The lowest BCUT2D eigenvalue weighted by atomic mass is 10.1. The largest absolute Gasteiger partial charge is 0.466 e. The van der Waals surface area contributed by atoms with Gasteiger partial charge in [-0.2, -0.15) is 43.5 Å². The zero-order valence-corrected chi connectivity index (χ0v) is 17.5. The molecule has 0 radical (unpaired) electrons. The fourth-order valence-corrected chi connectivity index (χ4v) is 2.65. The van der Waals surface area contributed by atoms with Gasteiger partial charge in [0.1, 0.15) is 0 Å². The number of hydrogen-bond acceptors (Lipinski definition) is 6. The normalized spacial score (nSPS) is 15.3. The summed E-state index contributed by atoms with van der Waals surface area (Å²) in [4.78, 5) is 24.3. The van der Waals surface area contributed by atoms with Gasteiger partial charge in [-0.25, -0.2) is 4.79 Å². The number of carbonyl (C=O) groups is 2. The molecule has 0 aliphatic heterocycles. The van der Waals surface area contributed by atoms with Gasteiger partial charge < -0.3 is 14.4 Å². The van der Waals surface area contributed by atoms with Crippen LogP contribution in [0.1, 0.15) is 27.2 Å². The van der Waals surface area contributed by atoms with Crippen molar-refractivity contribution < 1.29 is 67.2 Å². The van der Waals surface area contributed by atoms with E-state index in [1.165, 1.54) is 13.8 Å². The number of hydrogen-bond donors (Lipinski definition) is 1. The number of amides is 1. The maximum Gasteiger partial charge on any atom is 0.466 e. The SMILES string of the molecule is C=C(F)C(=O)OC(OCCC(F)(F)C(F)(F)S(=O)(=O)O)(C(=O)N(CC)C(C)C)C(F)(F)F. The number of esters is 1. The van der Waals surface area contributed by atoms with Crippen LogP contribution in [0.15, 0.2) is 12.4 Å². The Morgan fingerprint density at radius 1 is 1.09 bits per heavy atom. The number of rotatable bonds is 11. The molecule has 0 heterocycles. The molecule has 1 atom stereocenters. The van der Waals surface area contributed by atoms with Crippen molar-refractivity contribution in [3.8, 4) is 0 Å². The third-order valence-corrected chi connectivity index (χ3v) is 4.76. The van der Waals surface area contributed by atoms with Crippen LogP contribution in [0.5, 0.6) is 0 Å². The van der Waals surface area contributed by atoms with Gasteiger partial charge >= 0.3 is 45.1 Å². The minimum Gasteiger partial charge on any atom is -0.410 e. The van der Waals surface area contributed by atoms with Gasteiger partial charge in [0.25, 0.3) is 0 Å². The molecule has 0 aromatic carbocycles. The molecular formula is C15H19F8NO7S. The van der Waals surface area contributed by atoms with Gasteiger partial charge in [-0.15, -0.1) is 0 Å². The monoisotopic (exact) mass is 509 g/mol. The minimum absolute atomic E-state index is 0.382. The van der Waals surface area contributed by atoms with E-state index in [-0.39, 0.29) is 0 Å². The molecule has 8 nitrogen and oxygen atoms in total. The first-order chi connectivity index (χ1) is 14.1. The predicted molar refractivity (Wildman–Crippen MR) is 89.7 cm³/mol. The van der Waals surface area contributed by atoms with E-state index >= 15 is 0 Å². The van der Waals surface area contributed by atoms with E-state index in [4.69, 9.17) is 4.55 Å². The van der Waals surface area contributed by atoms with Crippen molar-refractivity contribution in [2.45, 2.75) is 56.4 Å². The van der Waals surface area contributed by atoms with Gasteiger partial charge in [0, 0.05) is 19.0 Å². The molecule has 0 aliphatic rings. The molecule has 0 spiro atoms. The number of carbonyl (C=O) groups excluding carboxylic acids is 2. The van der Waals surface area contributed by atoms with Crippen LogP contribution in [0.3, 0.4) is 0 Å². The molecule has 0 saturated carbocycles. The van der Waals surface area contributed by atoms with Crippen molar-refractivity contribution in [2.75, 3.05) is 13.2 Å². The minimum atomic E-state index is -6.71. The first kappa shape index (κ1) is 30.0. The molecule has 1 unspecified atom stereocenters. The summed E-state index contributed by atoms with van der Waals surface area (Å²) in [6.45, 7) is 3.26. The van der Waals surface area contributed by atoms with Gasteiger partial charge in [0.05, 0.1) is 6.61 Å².